The Balaban J connectivity index is 2.70. The Morgan fingerprint density at radius 2 is 2.19 bits per heavy atom. The monoisotopic (exact) mass is 223 g/mol. The van der Waals surface area contributed by atoms with Crippen molar-refractivity contribution in [1.82, 2.24) is 0 Å². The number of carbonyl (C=O) groups is 1. The van der Waals surface area contributed by atoms with E-state index in [0.29, 0.717) is 12.5 Å². The average Bonchev–Trinajstić information content (AvgIpc) is 2.30. The fourth-order valence-electron chi connectivity index (χ4n) is 1.92. The summed E-state index contributed by atoms with van der Waals surface area (Å²) in [6.07, 6.45) is 7.48. The summed E-state index contributed by atoms with van der Waals surface area (Å²) in [4.78, 5) is 14.1. The summed E-state index contributed by atoms with van der Waals surface area (Å²) in [5, 5.41) is 3.40. The maximum Gasteiger partial charge on any atom is 0.340 e. The number of hydrogen-bond acceptors (Lipinski definition) is 3. The second-order valence-electron chi connectivity index (χ2n) is 3.86. The van der Waals surface area contributed by atoms with Gasteiger partial charge in [-0.15, -0.1) is 0 Å². The lowest BCUT2D eigenvalue weighted by Crippen LogP contribution is -2.10. The Hall–Kier alpha value is -1.48. The van der Waals surface area contributed by atoms with E-state index in [-0.39, 0.29) is 5.70 Å². The maximum absolute atomic E-state index is 11.5. The van der Waals surface area contributed by atoms with E-state index < -0.39 is 5.97 Å². The first-order valence-corrected chi connectivity index (χ1v) is 5.72. The molecule has 88 valence electrons. The predicted molar refractivity (Wildman–Crippen MR) is 60.4 cm³/mol. The molecule has 5 heteroatoms. The lowest BCUT2D eigenvalue weighted by molar-refractivity contribution is -0.138. The molecule has 0 spiro atoms. The molecule has 0 atom stereocenters. The number of rotatable bonds is 4. The third-order valence-corrected chi connectivity index (χ3v) is 2.68. The van der Waals surface area contributed by atoms with Crippen LogP contribution in [0.2, 0.25) is 0 Å². The van der Waals surface area contributed by atoms with Crippen molar-refractivity contribution in [2.45, 2.75) is 39.0 Å². The van der Waals surface area contributed by atoms with Gasteiger partial charge >= 0.3 is 5.97 Å². The molecule has 0 heterocycles. The van der Waals surface area contributed by atoms with Crippen molar-refractivity contribution in [3.63, 3.8) is 0 Å². The highest BCUT2D eigenvalue weighted by molar-refractivity contribution is 5.88. The Morgan fingerprint density at radius 1 is 1.50 bits per heavy atom. The summed E-state index contributed by atoms with van der Waals surface area (Å²) >= 11 is 0. The van der Waals surface area contributed by atoms with Gasteiger partial charge in [0.15, 0.2) is 0 Å². The third kappa shape index (κ3) is 3.95. The molecule has 1 saturated carbocycles. The van der Waals surface area contributed by atoms with Crippen LogP contribution in [0.25, 0.3) is 10.4 Å². The zero-order valence-electron chi connectivity index (χ0n) is 9.56. The molecular weight excluding hydrogens is 206 g/mol. The quantitative estimate of drug-likeness (QED) is 0.241. The van der Waals surface area contributed by atoms with Gasteiger partial charge in [-0.3, -0.25) is 0 Å². The second kappa shape index (κ2) is 6.90. The number of ether oxygens (including phenoxy) is 1. The second-order valence-corrected chi connectivity index (χ2v) is 3.86. The number of azide groups is 1. The summed E-state index contributed by atoms with van der Waals surface area (Å²) in [7, 11) is 0. The molecule has 0 aromatic carbocycles. The van der Waals surface area contributed by atoms with E-state index in [9.17, 15) is 4.79 Å². The average molecular weight is 223 g/mol. The number of carbonyl (C=O) groups excluding carboxylic acids is 1. The molecule has 0 bridgehead atoms. The highest BCUT2D eigenvalue weighted by Crippen LogP contribution is 2.26. The highest BCUT2D eigenvalue weighted by atomic mass is 16.5. The van der Waals surface area contributed by atoms with Crippen LogP contribution < -0.4 is 0 Å². The van der Waals surface area contributed by atoms with Crippen LogP contribution >= 0.6 is 0 Å². The smallest absolute Gasteiger partial charge is 0.340 e. The van der Waals surface area contributed by atoms with Crippen LogP contribution in [0.4, 0.5) is 0 Å². The number of nitrogens with zero attached hydrogens (tertiary/aromatic N) is 3. The molecule has 0 aromatic rings. The fraction of sp³-hybridized carbons (Fsp3) is 0.727. The van der Waals surface area contributed by atoms with E-state index in [0.717, 1.165) is 12.8 Å². The van der Waals surface area contributed by atoms with Crippen LogP contribution in [0.15, 0.2) is 16.9 Å². The lowest BCUT2D eigenvalue weighted by Gasteiger charge is -2.18. The summed E-state index contributed by atoms with van der Waals surface area (Å²) in [5.74, 6) is -0.176. The first-order chi connectivity index (χ1) is 7.77. The molecule has 5 nitrogen and oxygen atoms in total. The van der Waals surface area contributed by atoms with Crippen molar-refractivity contribution in [3.8, 4) is 0 Å². The zero-order chi connectivity index (χ0) is 11.8. The van der Waals surface area contributed by atoms with Crippen LogP contribution in [0.1, 0.15) is 39.0 Å². The first-order valence-electron chi connectivity index (χ1n) is 5.72. The van der Waals surface area contributed by atoms with Gasteiger partial charge in [-0.1, -0.05) is 30.5 Å². The van der Waals surface area contributed by atoms with Gasteiger partial charge in [-0.2, -0.15) is 0 Å². The molecule has 0 saturated heterocycles. The predicted octanol–water partition coefficient (Wildman–Crippen LogP) is 3.32. The Bertz CT molecular complexity index is 313. The van der Waals surface area contributed by atoms with Crippen molar-refractivity contribution >= 4 is 5.97 Å². The molecule has 1 aliphatic carbocycles. The van der Waals surface area contributed by atoms with E-state index in [1.165, 1.54) is 19.3 Å². The normalized spacial score (nSPS) is 17.7. The van der Waals surface area contributed by atoms with Crippen LogP contribution in [0.5, 0.6) is 0 Å². The number of hydrogen-bond donors (Lipinski definition) is 0. The van der Waals surface area contributed by atoms with Gasteiger partial charge in [0.1, 0.15) is 5.70 Å². The van der Waals surface area contributed by atoms with E-state index >= 15 is 0 Å². The molecule has 0 radical (unpaired) electrons. The standard InChI is InChI=1S/C11H17N3O2/c1-2-16-11(15)10(13-14-12)8-9-6-4-3-5-7-9/h8-9H,2-7H2,1H3/b10-8-. The third-order valence-electron chi connectivity index (χ3n) is 2.68. The zero-order valence-corrected chi connectivity index (χ0v) is 9.56. The Morgan fingerprint density at radius 3 is 2.75 bits per heavy atom. The van der Waals surface area contributed by atoms with E-state index in [4.69, 9.17) is 10.3 Å². The summed E-state index contributed by atoms with van der Waals surface area (Å²) in [5.41, 5.74) is 8.50. The number of allylic oxidation sites excluding steroid dienone is 1. The van der Waals surface area contributed by atoms with Crippen molar-refractivity contribution in [2.24, 2.45) is 11.0 Å². The Kier molecular flexibility index (Phi) is 5.43. The largest absolute Gasteiger partial charge is 0.462 e. The maximum atomic E-state index is 11.5. The van der Waals surface area contributed by atoms with E-state index in [1.807, 2.05) is 0 Å². The minimum atomic E-state index is -0.522. The van der Waals surface area contributed by atoms with Gasteiger partial charge in [0.25, 0.3) is 0 Å². The minimum absolute atomic E-state index is 0.108. The minimum Gasteiger partial charge on any atom is -0.462 e. The summed E-state index contributed by atoms with van der Waals surface area (Å²) < 4.78 is 4.83. The number of esters is 1. The molecule has 1 fully saturated rings. The molecule has 1 rings (SSSR count). The van der Waals surface area contributed by atoms with E-state index in [2.05, 4.69) is 10.0 Å². The van der Waals surface area contributed by atoms with Gasteiger partial charge in [-0.05, 0) is 31.2 Å². The SMILES string of the molecule is CCOC(=O)/C(=C/C1CCCCC1)N=[N+]=[N-]. The molecule has 1 aliphatic rings. The Labute approximate surface area is 95.1 Å². The molecule has 0 unspecified atom stereocenters. The molecular formula is C11H17N3O2. The van der Waals surface area contributed by atoms with Gasteiger partial charge in [0.05, 0.1) is 6.61 Å². The van der Waals surface area contributed by atoms with Gasteiger partial charge in [-0.25, -0.2) is 4.79 Å². The van der Waals surface area contributed by atoms with Crippen molar-refractivity contribution < 1.29 is 9.53 Å². The molecule has 0 aromatic heterocycles. The van der Waals surface area contributed by atoms with Crippen molar-refractivity contribution in [3.05, 3.63) is 22.2 Å². The van der Waals surface area contributed by atoms with Crippen LogP contribution in [0, 0.1) is 5.92 Å². The summed E-state index contributed by atoms with van der Waals surface area (Å²) in [6.45, 7) is 2.02. The van der Waals surface area contributed by atoms with Crippen LogP contribution in [-0.4, -0.2) is 12.6 Å². The molecule has 16 heavy (non-hydrogen) atoms. The van der Waals surface area contributed by atoms with Crippen LogP contribution in [0.3, 0.4) is 0 Å². The summed E-state index contributed by atoms with van der Waals surface area (Å²) in [6, 6.07) is 0. The fourth-order valence-corrected chi connectivity index (χ4v) is 1.92. The van der Waals surface area contributed by atoms with E-state index in [1.54, 1.807) is 13.0 Å². The topological polar surface area (TPSA) is 75.1 Å². The highest BCUT2D eigenvalue weighted by Gasteiger charge is 2.15. The van der Waals surface area contributed by atoms with Gasteiger partial charge in [0, 0.05) is 4.91 Å². The van der Waals surface area contributed by atoms with Crippen LogP contribution in [-0.2, 0) is 9.53 Å². The molecule has 0 aliphatic heterocycles. The molecule has 0 N–H and O–H groups in total. The van der Waals surface area contributed by atoms with Crippen molar-refractivity contribution in [1.29, 1.82) is 0 Å². The lowest BCUT2D eigenvalue weighted by atomic mass is 9.89. The van der Waals surface area contributed by atoms with Crippen molar-refractivity contribution in [2.75, 3.05) is 6.61 Å². The molecule has 0 amide bonds. The van der Waals surface area contributed by atoms with Gasteiger partial charge in [0.2, 0.25) is 0 Å². The first kappa shape index (κ1) is 12.6. The van der Waals surface area contributed by atoms with Gasteiger partial charge < -0.3 is 4.74 Å².